The zero-order chi connectivity index (χ0) is 14.0. The van der Waals surface area contributed by atoms with E-state index >= 15 is 0 Å². The van der Waals surface area contributed by atoms with Gasteiger partial charge in [0, 0.05) is 30.9 Å². The fourth-order valence-electron chi connectivity index (χ4n) is 2.58. The summed E-state index contributed by atoms with van der Waals surface area (Å²) in [4.78, 5) is 13.8. The van der Waals surface area contributed by atoms with Crippen molar-refractivity contribution in [3.63, 3.8) is 0 Å². The van der Waals surface area contributed by atoms with Gasteiger partial charge in [-0.05, 0) is 25.8 Å². The minimum absolute atomic E-state index is 0.00316. The van der Waals surface area contributed by atoms with E-state index in [0.717, 1.165) is 25.1 Å². The standard InChI is InChI=1S/C14H20N2O3/c1-9(17)11-6-5-10(8-13(11)18)16-7-3-4-12(16)14(19)15-2/h5-6,8-9,12,17-18H,3-4,7H2,1-2H3,(H,15,19). The first-order chi connectivity index (χ1) is 9.04. The molecule has 104 valence electrons. The van der Waals surface area contributed by atoms with Crippen molar-refractivity contribution in [2.45, 2.75) is 31.9 Å². The lowest BCUT2D eigenvalue weighted by Gasteiger charge is -2.26. The number of hydrogen-bond donors (Lipinski definition) is 3. The number of nitrogens with one attached hydrogen (secondary N) is 1. The Labute approximate surface area is 112 Å². The van der Waals surface area contributed by atoms with Crippen LogP contribution in [0.15, 0.2) is 18.2 Å². The summed E-state index contributed by atoms with van der Waals surface area (Å²) in [5.74, 6) is 0.0617. The molecule has 0 saturated carbocycles. The van der Waals surface area contributed by atoms with Crippen LogP contribution in [0.25, 0.3) is 0 Å². The van der Waals surface area contributed by atoms with Crippen molar-refractivity contribution in [2.24, 2.45) is 0 Å². The van der Waals surface area contributed by atoms with Crippen molar-refractivity contribution in [1.29, 1.82) is 0 Å². The molecular formula is C14H20N2O3. The van der Waals surface area contributed by atoms with E-state index in [2.05, 4.69) is 5.32 Å². The normalized spacial score (nSPS) is 20.4. The maximum atomic E-state index is 11.8. The maximum absolute atomic E-state index is 11.8. The lowest BCUT2D eigenvalue weighted by molar-refractivity contribution is -0.121. The number of rotatable bonds is 3. The Morgan fingerprint density at radius 3 is 2.84 bits per heavy atom. The van der Waals surface area contributed by atoms with Gasteiger partial charge in [-0.1, -0.05) is 6.07 Å². The Bertz CT molecular complexity index is 474. The quantitative estimate of drug-likeness (QED) is 0.766. The minimum atomic E-state index is -0.706. The van der Waals surface area contributed by atoms with Gasteiger partial charge in [0.1, 0.15) is 11.8 Å². The lowest BCUT2D eigenvalue weighted by Crippen LogP contribution is -2.41. The highest BCUT2D eigenvalue weighted by Crippen LogP contribution is 2.32. The molecule has 1 fully saturated rings. The van der Waals surface area contributed by atoms with Gasteiger partial charge in [-0.3, -0.25) is 4.79 Å². The van der Waals surface area contributed by atoms with Gasteiger partial charge in [0.2, 0.25) is 5.91 Å². The smallest absolute Gasteiger partial charge is 0.242 e. The third kappa shape index (κ3) is 2.66. The fraction of sp³-hybridized carbons (Fsp3) is 0.500. The molecule has 3 N–H and O–H groups in total. The number of carbonyl (C=O) groups excluding carboxylic acids is 1. The molecule has 0 bridgehead atoms. The van der Waals surface area contributed by atoms with Crippen molar-refractivity contribution >= 4 is 11.6 Å². The number of nitrogens with zero attached hydrogens (tertiary/aromatic N) is 1. The molecule has 0 radical (unpaired) electrons. The molecule has 1 aromatic carbocycles. The van der Waals surface area contributed by atoms with E-state index in [-0.39, 0.29) is 17.7 Å². The molecular weight excluding hydrogens is 244 g/mol. The number of benzene rings is 1. The Kier molecular flexibility index (Phi) is 3.95. The van der Waals surface area contributed by atoms with E-state index in [4.69, 9.17) is 0 Å². The first-order valence-electron chi connectivity index (χ1n) is 6.53. The van der Waals surface area contributed by atoms with E-state index in [1.807, 2.05) is 11.0 Å². The van der Waals surface area contributed by atoms with Gasteiger partial charge in [-0.25, -0.2) is 0 Å². The molecule has 1 heterocycles. The highest BCUT2D eigenvalue weighted by molar-refractivity contribution is 5.85. The van der Waals surface area contributed by atoms with Crippen LogP contribution in [0.1, 0.15) is 31.4 Å². The van der Waals surface area contributed by atoms with Crippen LogP contribution >= 0.6 is 0 Å². The minimum Gasteiger partial charge on any atom is -0.507 e. The van der Waals surface area contributed by atoms with Crippen molar-refractivity contribution in [2.75, 3.05) is 18.5 Å². The van der Waals surface area contributed by atoms with Crippen LogP contribution in [-0.4, -0.2) is 35.8 Å². The number of phenols is 1. The molecule has 0 spiro atoms. The second-order valence-electron chi connectivity index (χ2n) is 4.88. The zero-order valence-electron chi connectivity index (χ0n) is 11.3. The van der Waals surface area contributed by atoms with Gasteiger partial charge in [-0.15, -0.1) is 0 Å². The summed E-state index contributed by atoms with van der Waals surface area (Å²) in [6.07, 6.45) is 1.07. The van der Waals surface area contributed by atoms with E-state index in [1.165, 1.54) is 0 Å². The largest absolute Gasteiger partial charge is 0.507 e. The average molecular weight is 264 g/mol. The molecule has 0 aromatic heterocycles. The summed E-state index contributed by atoms with van der Waals surface area (Å²) in [5.41, 5.74) is 1.31. The van der Waals surface area contributed by atoms with Crippen molar-refractivity contribution in [3.8, 4) is 5.75 Å². The number of hydrogen-bond acceptors (Lipinski definition) is 4. The van der Waals surface area contributed by atoms with Crippen LogP contribution in [0.2, 0.25) is 0 Å². The van der Waals surface area contributed by atoms with Crippen molar-refractivity contribution in [1.82, 2.24) is 5.32 Å². The number of aliphatic hydroxyl groups excluding tert-OH is 1. The maximum Gasteiger partial charge on any atom is 0.242 e. The third-order valence-electron chi connectivity index (χ3n) is 3.60. The first kappa shape index (κ1) is 13.7. The van der Waals surface area contributed by atoms with E-state index in [0.29, 0.717) is 5.56 Å². The zero-order valence-corrected chi connectivity index (χ0v) is 11.3. The highest BCUT2D eigenvalue weighted by atomic mass is 16.3. The summed E-state index contributed by atoms with van der Waals surface area (Å²) in [5, 5.41) is 22.1. The van der Waals surface area contributed by atoms with E-state index < -0.39 is 6.10 Å². The molecule has 5 heteroatoms. The molecule has 1 saturated heterocycles. The highest BCUT2D eigenvalue weighted by Gasteiger charge is 2.30. The number of aliphatic hydroxyl groups is 1. The monoisotopic (exact) mass is 264 g/mol. The number of phenolic OH excluding ortho intramolecular Hbond substituents is 1. The van der Waals surface area contributed by atoms with E-state index in [9.17, 15) is 15.0 Å². The van der Waals surface area contributed by atoms with Crippen LogP contribution in [0, 0.1) is 0 Å². The van der Waals surface area contributed by atoms with Gasteiger partial charge in [-0.2, -0.15) is 0 Å². The molecule has 1 aromatic rings. The van der Waals surface area contributed by atoms with Gasteiger partial charge in [0.25, 0.3) is 0 Å². The molecule has 0 aliphatic carbocycles. The first-order valence-corrected chi connectivity index (χ1v) is 6.53. The average Bonchev–Trinajstić information content (AvgIpc) is 2.86. The van der Waals surface area contributed by atoms with Gasteiger partial charge in [0.05, 0.1) is 6.10 Å². The second-order valence-corrected chi connectivity index (χ2v) is 4.88. The summed E-state index contributed by atoms with van der Waals surface area (Å²) in [6, 6.07) is 4.97. The molecule has 2 atom stereocenters. The lowest BCUT2D eigenvalue weighted by atomic mass is 10.1. The number of likely N-dealkylation sites (N-methyl/N-ethyl adjacent to an activating group) is 1. The topological polar surface area (TPSA) is 72.8 Å². The molecule has 1 aliphatic rings. The molecule has 2 unspecified atom stereocenters. The van der Waals surface area contributed by atoms with Crippen molar-refractivity contribution < 1.29 is 15.0 Å². The number of anilines is 1. The predicted molar refractivity (Wildman–Crippen MR) is 73.2 cm³/mol. The SMILES string of the molecule is CNC(=O)C1CCCN1c1ccc(C(C)O)c(O)c1. The van der Waals surface area contributed by atoms with Crippen LogP contribution in [0.4, 0.5) is 5.69 Å². The number of carbonyl (C=O) groups is 1. The van der Waals surface area contributed by atoms with Gasteiger partial charge < -0.3 is 20.4 Å². The van der Waals surface area contributed by atoms with E-state index in [1.54, 1.807) is 26.1 Å². The number of amides is 1. The predicted octanol–water partition coefficient (Wildman–Crippen LogP) is 1.16. The number of aromatic hydroxyl groups is 1. The second kappa shape index (κ2) is 5.48. The van der Waals surface area contributed by atoms with Crippen LogP contribution in [-0.2, 0) is 4.79 Å². The van der Waals surface area contributed by atoms with Crippen LogP contribution < -0.4 is 10.2 Å². The molecule has 1 amide bonds. The molecule has 5 nitrogen and oxygen atoms in total. The fourth-order valence-corrected chi connectivity index (χ4v) is 2.58. The summed E-state index contributed by atoms with van der Waals surface area (Å²) in [6.45, 7) is 2.41. The van der Waals surface area contributed by atoms with Crippen LogP contribution in [0.5, 0.6) is 5.75 Å². The van der Waals surface area contributed by atoms with Crippen LogP contribution in [0.3, 0.4) is 0 Å². The van der Waals surface area contributed by atoms with Crippen molar-refractivity contribution in [3.05, 3.63) is 23.8 Å². The molecule has 2 rings (SSSR count). The Morgan fingerprint density at radius 2 is 2.26 bits per heavy atom. The van der Waals surface area contributed by atoms with Gasteiger partial charge in [0.15, 0.2) is 0 Å². The Hall–Kier alpha value is -1.75. The third-order valence-corrected chi connectivity index (χ3v) is 3.60. The molecule has 1 aliphatic heterocycles. The Balaban J connectivity index is 2.26. The summed E-state index contributed by atoms with van der Waals surface area (Å²) >= 11 is 0. The van der Waals surface area contributed by atoms with Gasteiger partial charge >= 0.3 is 0 Å². The summed E-state index contributed by atoms with van der Waals surface area (Å²) in [7, 11) is 1.63. The Morgan fingerprint density at radius 1 is 1.53 bits per heavy atom. The summed E-state index contributed by atoms with van der Waals surface area (Å²) < 4.78 is 0. The molecule has 19 heavy (non-hydrogen) atoms.